The molecule has 2 heteroatoms. The van der Waals surface area contributed by atoms with E-state index in [-0.39, 0.29) is 0 Å². The Hall–Kier alpha value is 0.174. The molecule has 0 saturated carbocycles. The highest BCUT2D eigenvalue weighted by atomic mass is 28.3. The minimum Gasteiger partial charge on any atom is -0.0995 e. The molecule has 0 aromatic heterocycles. The number of unbranched alkanes of at least 4 members (excludes halogenated alkanes) is 2. The molecule has 0 amide bonds. The van der Waals surface area contributed by atoms with Crippen LogP contribution in [-0.4, -0.2) is 16.1 Å². The molecule has 0 bridgehead atoms. The first-order valence-electron chi connectivity index (χ1n) is 6.39. The second-order valence-corrected chi connectivity index (χ2v) is 16.9. The van der Waals surface area contributed by atoms with Crippen LogP contribution in [0.15, 0.2) is 10.9 Å². The monoisotopic (exact) mass is 242 g/mol. The highest BCUT2D eigenvalue weighted by Crippen LogP contribution is 2.23. The van der Waals surface area contributed by atoms with Gasteiger partial charge in [-0.25, -0.2) is 0 Å². The SMILES string of the molecule is CCCCC/C(=C/[Si](C)(C)C)[Si](C)(C)C. The summed E-state index contributed by atoms with van der Waals surface area (Å²) in [5, 5.41) is 1.83. The van der Waals surface area contributed by atoms with Crippen molar-refractivity contribution >= 4 is 16.1 Å². The molecule has 90 valence electrons. The van der Waals surface area contributed by atoms with Crippen molar-refractivity contribution in [1.29, 1.82) is 0 Å². The summed E-state index contributed by atoms with van der Waals surface area (Å²) in [5.41, 5.74) is 2.68. The molecule has 0 aliphatic carbocycles. The maximum atomic E-state index is 2.68. The Labute approximate surface area is 99.2 Å². The highest BCUT2D eigenvalue weighted by molar-refractivity contribution is 6.87. The minimum absolute atomic E-state index is 1.02. The fourth-order valence-electron chi connectivity index (χ4n) is 1.75. The summed E-state index contributed by atoms with van der Waals surface area (Å²) in [6.07, 6.45) is 5.50. The summed E-state index contributed by atoms with van der Waals surface area (Å²) in [5.74, 6) is 0. The summed E-state index contributed by atoms with van der Waals surface area (Å²) in [7, 11) is -2.07. The number of allylic oxidation sites excluding steroid dienone is 1. The Morgan fingerprint density at radius 2 is 1.47 bits per heavy atom. The van der Waals surface area contributed by atoms with Crippen molar-refractivity contribution in [3.8, 4) is 0 Å². The van der Waals surface area contributed by atoms with Crippen LogP contribution in [0.1, 0.15) is 32.6 Å². The first kappa shape index (κ1) is 15.2. The van der Waals surface area contributed by atoms with Crippen LogP contribution in [0.5, 0.6) is 0 Å². The predicted molar refractivity (Wildman–Crippen MR) is 78.9 cm³/mol. The van der Waals surface area contributed by atoms with Gasteiger partial charge in [0.2, 0.25) is 0 Å². The molecule has 0 radical (unpaired) electrons. The van der Waals surface area contributed by atoms with E-state index in [2.05, 4.69) is 51.9 Å². The van der Waals surface area contributed by atoms with Gasteiger partial charge in [-0.15, -0.1) is 0 Å². The van der Waals surface area contributed by atoms with E-state index in [4.69, 9.17) is 0 Å². The van der Waals surface area contributed by atoms with E-state index in [1.165, 1.54) is 25.7 Å². The fourth-order valence-corrected chi connectivity index (χ4v) is 6.90. The Bertz CT molecular complexity index is 204. The molecule has 0 N–H and O–H groups in total. The number of rotatable bonds is 6. The van der Waals surface area contributed by atoms with Crippen LogP contribution < -0.4 is 0 Å². The summed E-state index contributed by atoms with van der Waals surface area (Å²) in [6, 6.07) is 0. The van der Waals surface area contributed by atoms with Gasteiger partial charge in [0.05, 0.1) is 16.1 Å². The van der Waals surface area contributed by atoms with Gasteiger partial charge in [0, 0.05) is 0 Å². The van der Waals surface area contributed by atoms with Gasteiger partial charge in [-0.2, -0.15) is 0 Å². The molecule has 0 spiro atoms. The lowest BCUT2D eigenvalue weighted by Crippen LogP contribution is -2.28. The average Bonchev–Trinajstić information content (AvgIpc) is 1.99. The molecule has 0 nitrogen and oxygen atoms in total. The average molecular weight is 243 g/mol. The van der Waals surface area contributed by atoms with Gasteiger partial charge in [-0.1, -0.05) is 69.9 Å². The van der Waals surface area contributed by atoms with Crippen molar-refractivity contribution in [3.63, 3.8) is 0 Å². The molecule has 0 heterocycles. The van der Waals surface area contributed by atoms with E-state index in [1.54, 1.807) is 0 Å². The van der Waals surface area contributed by atoms with Crippen LogP contribution in [0, 0.1) is 0 Å². The zero-order valence-corrected chi connectivity index (χ0v) is 13.9. The summed E-state index contributed by atoms with van der Waals surface area (Å²) < 4.78 is 0. The minimum atomic E-state index is -1.05. The van der Waals surface area contributed by atoms with Crippen molar-refractivity contribution in [2.24, 2.45) is 0 Å². The third-order valence-electron chi connectivity index (χ3n) is 2.62. The van der Waals surface area contributed by atoms with Gasteiger partial charge in [0.25, 0.3) is 0 Å². The van der Waals surface area contributed by atoms with E-state index in [9.17, 15) is 0 Å². The fraction of sp³-hybridized carbons (Fsp3) is 0.846. The lowest BCUT2D eigenvalue weighted by atomic mass is 10.2. The van der Waals surface area contributed by atoms with E-state index < -0.39 is 16.1 Å². The lowest BCUT2D eigenvalue weighted by molar-refractivity contribution is 0.722. The van der Waals surface area contributed by atoms with E-state index in [0.717, 1.165) is 0 Å². The maximum Gasteiger partial charge on any atom is 0.0715 e. The Morgan fingerprint density at radius 1 is 0.933 bits per heavy atom. The Balaban J connectivity index is 4.54. The lowest BCUT2D eigenvalue weighted by Gasteiger charge is -2.25. The van der Waals surface area contributed by atoms with Gasteiger partial charge in [0.15, 0.2) is 0 Å². The van der Waals surface area contributed by atoms with Crippen molar-refractivity contribution in [2.45, 2.75) is 71.9 Å². The van der Waals surface area contributed by atoms with Crippen LogP contribution in [0.2, 0.25) is 39.3 Å². The van der Waals surface area contributed by atoms with Gasteiger partial charge in [0.1, 0.15) is 0 Å². The molecule has 0 aromatic carbocycles. The molecule has 0 fully saturated rings. The van der Waals surface area contributed by atoms with Crippen LogP contribution in [-0.2, 0) is 0 Å². The quantitative estimate of drug-likeness (QED) is 0.441. The predicted octanol–water partition coefficient (Wildman–Crippen LogP) is 5.25. The van der Waals surface area contributed by atoms with Crippen LogP contribution in [0.3, 0.4) is 0 Å². The zero-order valence-electron chi connectivity index (χ0n) is 11.9. The van der Waals surface area contributed by atoms with Crippen LogP contribution in [0.4, 0.5) is 0 Å². The first-order valence-corrected chi connectivity index (χ1v) is 13.5. The molecule has 0 rings (SSSR count). The standard InChI is InChI=1S/C13H30Si2/c1-8-9-10-11-13(15(5,6)7)12-14(2,3)4/h12H,8-11H2,1-7H3/b13-12-. The van der Waals surface area contributed by atoms with E-state index >= 15 is 0 Å². The van der Waals surface area contributed by atoms with Gasteiger partial charge < -0.3 is 0 Å². The molecule has 0 atom stereocenters. The molecule has 0 saturated heterocycles. The van der Waals surface area contributed by atoms with Crippen molar-refractivity contribution < 1.29 is 0 Å². The van der Waals surface area contributed by atoms with Crippen molar-refractivity contribution in [2.75, 3.05) is 0 Å². The summed E-state index contributed by atoms with van der Waals surface area (Å²) in [6.45, 7) is 17.1. The summed E-state index contributed by atoms with van der Waals surface area (Å²) >= 11 is 0. The molecule has 0 aliphatic rings. The Morgan fingerprint density at radius 3 is 1.80 bits per heavy atom. The van der Waals surface area contributed by atoms with Crippen molar-refractivity contribution in [3.05, 3.63) is 10.9 Å². The van der Waals surface area contributed by atoms with Crippen LogP contribution >= 0.6 is 0 Å². The smallest absolute Gasteiger partial charge is 0.0715 e. The third-order valence-corrected chi connectivity index (χ3v) is 6.44. The zero-order chi connectivity index (χ0) is 12.1. The number of hydrogen-bond acceptors (Lipinski definition) is 0. The van der Waals surface area contributed by atoms with Crippen LogP contribution in [0.25, 0.3) is 0 Å². The highest BCUT2D eigenvalue weighted by Gasteiger charge is 2.21. The maximum absolute atomic E-state index is 2.68. The van der Waals surface area contributed by atoms with Crippen molar-refractivity contribution in [1.82, 2.24) is 0 Å². The van der Waals surface area contributed by atoms with Gasteiger partial charge in [-0.3, -0.25) is 0 Å². The Kier molecular flexibility index (Phi) is 6.11. The normalized spacial score (nSPS) is 14.5. The second-order valence-electron chi connectivity index (χ2n) is 6.74. The van der Waals surface area contributed by atoms with E-state index in [0.29, 0.717) is 0 Å². The molecular formula is C13H30Si2. The first-order chi connectivity index (χ1) is 6.67. The molecular weight excluding hydrogens is 212 g/mol. The molecule has 0 unspecified atom stereocenters. The second kappa shape index (κ2) is 6.04. The van der Waals surface area contributed by atoms with Gasteiger partial charge >= 0.3 is 0 Å². The molecule has 0 aliphatic heterocycles. The topological polar surface area (TPSA) is 0 Å². The number of hydrogen-bond donors (Lipinski definition) is 0. The third kappa shape index (κ3) is 8.03. The molecule has 15 heavy (non-hydrogen) atoms. The summed E-state index contributed by atoms with van der Waals surface area (Å²) in [4.78, 5) is 0. The van der Waals surface area contributed by atoms with E-state index in [1.807, 2.05) is 5.20 Å². The largest absolute Gasteiger partial charge is 0.0995 e. The van der Waals surface area contributed by atoms with Gasteiger partial charge in [-0.05, 0) is 12.8 Å². The molecule has 0 aromatic rings.